The molecule has 0 aromatic heterocycles. The van der Waals surface area contributed by atoms with Gasteiger partial charge in [0.05, 0.1) is 11.1 Å². The molecule has 188 valence electrons. The molecule has 0 atom stereocenters. The first-order chi connectivity index (χ1) is 18.2. The molecular formula is C29H20Br2N4O3. The number of hydrogen-bond donors (Lipinski definition) is 2. The molecule has 4 aromatic carbocycles. The molecule has 0 fully saturated rings. The van der Waals surface area contributed by atoms with Crippen LogP contribution in [0.1, 0.15) is 22.3 Å². The molecular weight excluding hydrogens is 612 g/mol. The standard InChI is InChI=1S/C29H20Br2N4O3/c1-17-3-7-21(11-27(17)37-23-9-5-19(15-32)25(30)13-23)34-29(36)35-22-8-4-18(2)28(12-22)38-24-10-6-20(16-33)26(31)14-24/h3-14H,1-2H3,(H2,34,35,36). The third kappa shape index (κ3) is 6.51. The van der Waals surface area contributed by atoms with Crippen LogP contribution in [0.25, 0.3) is 0 Å². The van der Waals surface area contributed by atoms with Gasteiger partial charge in [0.1, 0.15) is 35.1 Å². The van der Waals surface area contributed by atoms with Crippen LogP contribution in [0.2, 0.25) is 0 Å². The number of benzene rings is 4. The summed E-state index contributed by atoms with van der Waals surface area (Å²) in [5, 5.41) is 23.8. The van der Waals surface area contributed by atoms with E-state index in [2.05, 4.69) is 54.6 Å². The molecule has 0 unspecified atom stereocenters. The van der Waals surface area contributed by atoms with E-state index in [0.717, 1.165) is 11.1 Å². The maximum Gasteiger partial charge on any atom is 0.323 e. The monoisotopic (exact) mass is 630 g/mol. The molecule has 2 amide bonds. The van der Waals surface area contributed by atoms with Crippen LogP contribution in [0.3, 0.4) is 0 Å². The number of urea groups is 1. The molecule has 9 heteroatoms. The smallest absolute Gasteiger partial charge is 0.323 e. The minimum absolute atomic E-state index is 0.433. The summed E-state index contributed by atoms with van der Waals surface area (Å²) in [5.41, 5.74) is 3.87. The van der Waals surface area contributed by atoms with Crippen molar-refractivity contribution in [1.29, 1.82) is 10.5 Å². The van der Waals surface area contributed by atoms with Crippen molar-refractivity contribution in [2.45, 2.75) is 13.8 Å². The Balaban J connectivity index is 1.45. The first-order valence-electron chi connectivity index (χ1n) is 11.3. The van der Waals surface area contributed by atoms with Crippen molar-refractivity contribution >= 4 is 49.3 Å². The lowest BCUT2D eigenvalue weighted by Gasteiger charge is -2.14. The van der Waals surface area contributed by atoms with E-state index in [1.807, 2.05) is 26.0 Å². The fourth-order valence-electron chi connectivity index (χ4n) is 3.42. The van der Waals surface area contributed by atoms with Gasteiger partial charge in [-0.05, 0) is 105 Å². The SMILES string of the molecule is Cc1ccc(NC(=O)Nc2ccc(C)c(Oc3ccc(C#N)c(Br)c3)c2)cc1Oc1ccc(C#N)c(Br)c1. The summed E-state index contributed by atoms with van der Waals surface area (Å²) in [7, 11) is 0. The van der Waals surface area contributed by atoms with Crippen LogP contribution < -0.4 is 20.1 Å². The minimum Gasteiger partial charge on any atom is -0.457 e. The van der Waals surface area contributed by atoms with Gasteiger partial charge in [0.2, 0.25) is 0 Å². The van der Waals surface area contributed by atoms with E-state index >= 15 is 0 Å². The molecule has 0 aliphatic heterocycles. The predicted molar refractivity (Wildman–Crippen MR) is 153 cm³/mol. The number of anilines is 2. The van der Waals surface area contributed by atoms with Gasteiger partial charge in [0.15, 0.2) is 0 Å². The highest BCUT2D eigenvalue weighted by atomic mass is 79.9. The zero-order valence-corrected chi connectivity index (χ0v) is 23.5. The van der Waals surface area contributed by atoms with Crippen LogP contribution in [0.5, 0.6) is 23.0 Å². The average molecular weight is 632 g/mol. The fourth-order valence-corrected chi connectivity index (χ4v) is 4.32. The molecule has 4 aromatic rings. The second kappa shape index (κ2) is 11.8. The number of nitriles is 2. The van der Waals surface area contributed by atoms with Gasteiger partial charge in [0.25, 0.3) is 0 Å². The second-order valence-corrected chi connectivity index (χ2v) is 9.96. The molecule has 0 heterocycles. The van der Waals surface area contributed by atoms with Crippen LogP contribution in [-0.2, 0) is 0 Å². The van der Waals surface area contributed by atoms with Crippen molar-refractivity contribution in [3.05, 3.63) is 104 Å². The van der Waals surface area contributed by atoms with Gasteiger partial charge in [-0.25, -0.2) is 4.79 Å². The number of halogens is 2. The van der Waals surface area contributed by atoms with Crippen molar-refractivity contribution in [3.63, 3.8) is 0 Å². The van der Waals surface area contributed by atoms with E-state index in [4.69, 9.17) is 20.0 Å². The molecule has 2 N–H and O–H groups in total. The maximum absolute atomic E-state index is 12.7. The van der Waals surface area contributed by atoms with E-state index in [-0.39, 0.29) is 0 Å². The van der Waals surface area contributed by atoms with E-state index in [0.29, 0.717) is 54.4 Å². The molecule has 0 radical (unpaired) electrons. The summed E-state index contributed by atoms with van der Waals surface area (Å²) in [6, 6.07) is 24.7. The Bertz CT molecular complexity index is 1500. The number of aryl methyl sites for hydroxylation is 2. The highest BCUT2D eigenvalue weighted by molar-refractivity contribution is 9.10. The van der Waals surface area contributed by atoms with Gasteiger partial charge in [-0.1, -0.05) is 12.1 Å². The number of carbonyl (C=O) groups excluding carboxylic acids is 1. The highest BCUT2D eigenvalue weighted by Gasteiger charge is 2.11. The Labute approximate surface area is 236 Å². The second-order valence-electron chi connectivity index (χ2n) is 8.25. The number of ether oxygens (including phenoxy) is 2. The van der Waals surface area contributed by atoms with E-state index in [1.54, 1.807) is 60.7 Å². The third-order valence-corrected chi connectivity index (χ3v) is 6.78. The summed E-state index contributed by atoms with van der Waals surface area (Å²) in [4.78, 5) is 12.7. The average Bonchev–Trinajstić information content (AvgIpc) is 2.88. The summed E-state index contributed by atoms with van der Waals surface area (Å²) in [5.74, 6) is 2.25. The van der Waals surface area contributed by atoms with Crippen LogP contribution in [0.4, 0.5) is 16.2 Å². The van der Waals surface area contributed by atoms with Crippen molar-refractivity contribution < 1.29 is 14.3 Å². The first kappa shape index (κ1) is 26.7. The van der Waals surface area contributed by atoms with Crippen LogP contribution in [0.15, 0.2) is 81.7 Å². The van der Waals surface area contributed by atoms with Gasteiger partial charge < -0.3 is 20.1 Å². The predicted octanol–water partition coefficient (Wildman–Crippen LogP) is 8.80. The fraction of sp³-hybridized carbons (Fsp3) is 0.0690. The Kier molecular flexibility index (Phi) is 8.32. The quantitative estimate of drug-likeness (QED) is 0.221. The molecule has 7 nitrogen and oxygen atoms in total. The van der Waals surface area contributed by atoms with Gasteiger partial charge >= 0.3 is 6.03 Å². The van der Waals surface area contributed by atoms with E-state index in [9.17, 15) is 4.79 Å². The van der Waals surface area contributed by atoms with Crippen molar-refractivity contribution in [3.8, 4) is 35.1 Å². The van der Waals surface area contributed by atoms with Crippen molar-refractivity contribution in [2.75, 3.05) is 10.6 Å². The van der Waals surface area contributed by atoms with Crippen LogP contribution in [-0.4, -0.2) is 6.03 Å². The molecule has 0 saturated heterocycles. The largest absolute Gasteiger partial charge is 0.457 e. The number of carbonyl (C=O) groups is 1. The lowest BCUT2D eigenvalue weighted by molar-refractivity contribution is 0.262. The molecule has 38 heavy (non-hydrogen) atoms. The van der Waals surface area contributed by atoms with E-state index < -0.39 is 6.03 Å². The summed E-state index contributed by atoms with van der Waals surface area (Å²) in [6.45, 7) is 3.80. The van der Waals surface area contributed by atoms with Crippen LogP contribution in [0, 0.1) is 36.5 Å². The number of nitrogens with zero attached hydrogens (tertiary/aromatic N) is 2. The summed E-state index contributed by atoms with van der Waals surface area (Å²) < 4.78 is 13.3. The maximum atomic E-state index is 12.7. The Morgan fingerprint density at radius 1 is 0.684 bits per heavy atom. The van der Waals surface area contributed by atoms with Gasteiger partial charge in [-0.2, -0.15) is 10.5 Å². The van der Waals surface area contributed by atoms with Crippen LogP contribution >= 0.6 is 31.9 Å². The molecule has 0 spiro atoms. The number of nitrogens with one attached hydrogen (secondary N) is 2. The van der Waals surface area contributed by atoms with Gasteiger partial charge in [0, 0.05) is 32.5 Å². The van der Waals surface area contributed by atoms with Crippen molar-refractivity contribution in [1.82, 2.24) is 0 Å². The topological polar surface area (TPSA) is 107 Å². The molecule has 0 saturated carbocycles. The highest BCUT2D eigenvalue weighted by Crippen LogP contribution is 2.32. The minimum atomic E-state index is -0.433. The lowest BCUT2D eigenvalue weighted by atomic mass is 10.2. The third-order valence-electron chi connectivity index (χ3n) is 5.47. The van der Waals surface area contributed by atoms with E-state index in [1.165, 1.54) is 0 Å². The Hall–Kier alpha value is -4.31. The molecule has 4 rings (SSSR count). The molecule has 0 aliphatic carbocycles. The van der Waals surface area contributed by atoms with Gasteiger partial charge in [-0.15, -0.1) is 0 Å². The summed E-state index contributed by atoms with van der Waals surface area (Å²) in [6.07, 6.45) is 0. The Morgan fingerprint density at radius 3 is 1.47 bits per heavy atom. The van der Waals surface area contributed by atoms with Crippen molar-refractivity contribution in [2.24, 2.45) is 0 Å². The number of hydrogen-bond acceptors (Lipinski definition) is 5. The number of rotatable bonds is 6. The molecule has 0 aliphatic rings. The Morgan fingerprint density at radius 2 is 1.11 bits per heavy atom. The zero-order valence-electron chi connectivity index (χ0n) is 20.3. The normalized spacial score (nSPS) is 10.2. The zero-order chi connectivity index (χ0) is 27.2. The first-order valence-corrected chi connectivity index (χ1v) is 12.9. The lowest BCUT2D eigenvalue weighted by Crippen LogP contribution is -2.19. The summed E-state index contributed by atoms with van der Waals surface area (Å²) >= 11 is 6.73. The van der Waals surface area contributed by atoms with Gasteiger partial charge in [-0.3, -0.25) is 0 Å². The molecule has 0 bridgehead atoms. The number of amides is 2.